The minimum atomic E-state index is -0.786. The lowest BCUT2D eigenvalue weighted by Crippen LogP contribution is -2.45. The molecule has 2 N–H and O–H groups in total. The van der Waals surface area contributed by atoms with Crippen LogP contribution in [-0.2, 0) is 42.9 Å². The number of esters is 4. The Hall–Kier alpha value is -2.53. The predicted octanol–water partition coefficient (Wildman–Crippen LogP) is 5.30. The summed E-state index contributed by atoms with van der Waals surface area (Å²) in [5, 5.41) is 19.5. The second kappa shape index (κ2) is 14.3. The second-order valence-corrected chi connectivity index (χ2v) is 19.1. The Morgan fingerprint density at radius 1 is 0.846 bits per heavy atom. The first kappa shape index (κ1) is 37.8. The van der Waals surface area contributed by atoms with E-state index in [9.17, 15) is 34.2 Å². The van der Waals surface area contributed by atoms with Gasteiger partial charge in [-0.3, -0.25) is 24.0 Å². The number of aliphatic carboxylic acids is 1. The first-order chi connectivity index (χ1) is 24.6. The van der Waals surface area contributed by atoms with Gasteiger partial charge in [0.2, 0.25) is 0 Å². The number of hydrogen-bond donors (Lipinski definition) is 2. The van der Waals surface area contributed by atoms with Crippen LogP contribution in [0.5, 0.6) is 0 Å². The highest BCUT2D eigenvalue weighted by atomic mass is 16.6. The molecule has 4 aliphatic carbocycles. The van der Waals surface area contributed by atoms with E-state index < -0.39 is 41.3 Å². The van der Waals surface area contributed by atoms with E-state index in [-0.39, 0.29) is 96.5 Å². The summed E-state index contributed by atoms with van der Waals surface area (Å²) >= 11 is 0. The lowest BCUT2D eigenvalue weighted by Gasteiger charge is -2.46. The van der Waals surface area contributed by atoms with Crippen LogP contribution in [-0.4, -0.2) is 71.1 Å². The Bertz CT molecular complexity index is 1420. The van der Waals surface area contributed by atoms with Gasteiger partial charge in [0.25, 0.3) is 0 Å². The van der Waals surface area contributed by atoms with Gasteiger partial charge in [-0.05, 0) is 144 Å². The molecule has 0 aromatic heterocycles. The third-order valence-corrected chi connectivity index (χ3v) is 15.1. The maximum Gasteiger partial charge on any atom is 0.317 e. The van der Waals surface area contributed by atoms with Crippen molar-refractivity contribution < 1.29 is 53.1 Å². The van der Waals surface area contributed by atoms with Crippen molar-refractivity contribution in [3.05, 3.63) is 0 Å². The molecule has 0 aromatic carbocycles. The number of hydrogen-bond acceptors (Lipinski definition) is 10. The van der Waals surface area contributed by atoms with Crippen molar-refractivity contribution in [2.45, 2.75) is 117 Å². The van der Waals surface area contributed by atoms with Crippen molar-refractivity contribution in [2.75, 3.05) is 13.2 Å². The Labute approximate surface area is 307 Å². The van der Waals surface area contributed by atoms with Crippen molar-refractivity contribution in [1.82, 2.24) is 0 Å². The number of carboxylic acids is 1. The molecule has 3 aliphatic heterocycles. The highest BCUT2D eigenvalue weighted by Gasteiger charge is 2.65. The van der Waals surface area contributed by atoms with Crippen LogP contribution < -0.4 is 0 Å². The quantitative estimate of drug-likeness (QED) is 0.144. The molecule has 7 aliphatic rings. The van der Waals surface area contributed by atoms with Gasteiger partial charge in [0.05, 0.1) is 48.4 Å². The number of fused-ring (bicyclic) bond motifs is 6. The fourth-order valence-corrected chi connectivity index (χ4v) is 12.9. The molecule has 18 atom stereocenters. The summed E-state index contributed by atoms with van der Waals surface area (Å²) < 4.78 is 23.2. The number of carbonyl (C=O) groups excluding carboxylic acids is 4. The number of carbonyl (C=O) groups is 5. The zero-order valence-corrected chi connectivity index (χ0v) is 31.7. The van der Waals surface area contributed by atoms with Crippen LogP contribution in [0.3, 0.4) is 0 Å². The van der Waals surface area contributed by atoms with Gasteiger partial charge in [0.1, 0.15) is 5.60 Å². The molecule has 18 unspecified atom stereocenters. The highest BCUT2D eigenvalue weighted by molar-refractivity contribution is 5.96. The van der Waals surface area contributed by atoms with Crippen LogP contribution in [0.2, 0.25) is 0 Å². The van der Waals surface area contributed by atoms with Gasteiger partial charge in [0.15, 0.2) is 0 Å². The molecule has 4 saturated carbocycles. The van der Waals surface area contributed by atoms with Crippen LogP contribution in [0.1, 0.15) is 99.3 Å². The number of ether oxygens (including phenoxy) is 4. The molecule has 0 radical (unpaired) electrons. The monoisotopic (exact) mass is 728 g/mol. The maximum absolute atomic E-state index is 13.8. The molecule has 11 nitrogen and oxygen atoms in total. The average Bonchev–Trinajstić information content (AvgIpc) is 3.93. The highest BCUT2D eigenvalue weighted by Crippen LogP contribution is 2.68. The van der Waals surface area contributed by atoms with E-state index in [2.05, 4.69) is 6.92 Å². The molecule has 11 heteroatoms. The summed E-state index contributed by atoms with van der Waals surface area (Å²) in [7, 11) is 0. The van der Waals surface area contributed by atoms with Gasteiger partial charge in [-0.15, -0.1) is 0 Å². The van der Waals surface area contributed by atoms with E-state index in [4.69, 9.17) is 18.9 Å². The first-order valence-electron chi connectivity index (χ1n) is 20.2. The summed E-state index contributed by atoms with van der Waals surface area (Å²) in [6.45, 7) is 12.0. The second-order valence-electron chi connectivity index (χ2n) is 19.1. The standard InChI is InChI=1S/C41H60O11/c1-18(9-10-42)17-49-38(46)31-16-32-19(2)23(35(31)50-32)7-8-24-21-11-27(30(12-21)40(48)52-41(4,5)6)34(24)33-22-13-26(29(14-22)36(43)44)28(33)15-25-20(3)37(45)51-39(25)47/h18-35,42H,7-17H2,1-6H3,(H,43,44). The fraction of sp³-hybridized carbons (Fsp3) is 0.878. The lowest BCUT2D eigenvalue weighted by atomic mass is 9.58. The molecule has 0 aromatic rings. The summed E-state index contributed by atoms with van der Waals surface area (Å²) in [4.78, 5) is 64.9. The van der Waals surface area contributed by atoms with Gasteiger partial charge in [-0.2, -0.15) is 0 Å². The molecule has 3 heterocycles. The summed E-state index contributed by atoms with van der Waals surface area (Å²) in [6, 6.07) is 0. The van der Waals surface area contributed by atoms with Crippen LogP contribution >= 0.6 is 0 Å². The van der Waals surface area contributed by atoms with Crippen LogP contribution in [0, 0.1) is 94.7 Å². The van der Waals surface area contributed by atoms with Crippen molar-refractivity contribution in [2.24, 2.45) is 94.7 Å². The maximum atomic E-state index is 13.8. The fourth-order valence-electron chi connectivity index (χ4n) is 12.9. The van der Waals surface area contributed by atoms with Crippen molar-refractivity contribution in [3.8, 4) is 0 Å². The molecule has 7 rings (SSSR count). The topological polar surface area (TPSA) is 163 Å². The van der Waals surface area contributed by atoms with Gasteiger partial charge < -0.3 is 29.2 Å². The Morgan fingerprint density at radius 3 is 2.17 bits per heavy atom. The summed E-state index contributed by atoms with van der Waals surface area (Å²) in [5.74, 6) is -2.47. The molecule has 6 bridgehead atoms. The molecular formula is C41H60O11. The SMILES string of the molecule is CC(CCO)COC(=O)C1CC2OC1C(CCC1C3CC(C(=O)OC(C)(C)C)C(C3)C1C1C3CC(C(=O)O)C(C3)C1CC1C(=O)OC(=O)C1C)C2C. The average molecular weight is 729 g/mol. The van der Waals surface area contributed by atoms with Gasteiger partial charge in [-0.25, -0.2) is 0 Å². The number of rotatable bonds is 13. The molecule has 7 fully saturated rings. The minimum absolute atomic E-state index is 0.0218. The molecular weight excluding hydrogens is 668 g/mol. The zero-order chi connectivity index (χ0) is 37.4. The third-order valence-electron chi connectivity index (χ3n) is 15.1. The zero-order valence-electron chi connectivity index (χ0n) is 31.7. The van der Waals surface area contributed by atoms with E-state index in [0.717, 1.165) is 32.1 Å². The lowest BCUT2D eigenvalue weighted by molar-refractivity contribution is -0.164. The molecule has 0 amide bonds. The van der Waals surface area contributed by atoms with Crippen LogP contribution in [0.15, 0.2) is 0 Å². The van der Waals surface area contributed by atoms with E-state index in [1.807, 2.05) is 27.7 Å². The van der Waals surface area contributed by atoms with Crippen LogP contribution in [0.25, 0.3) is 0 Å². The normalized spacial score (nSPS) is 45.1. The van der Waals surface area contributed by atoms with Gasteiger partial charge in [-0.1, -0.05) is 20.8 Å². The molecule has 290 valence electrons. The number of cyclic esters (lactones) is 2. The van der Waals surface area contributed by atoms with Gasteiger partial charge in [0, 0.05) is 6.61 Å². The molecule has 0 spiro atoms. The first-order valence-corrected chi connectivity index (χ1v) is 20.2. The van der Waals surface area contributed by atoms with E-state index in [1.54, 1.807) is 6.92 Å². The number of aliphatic hydroxyl groups excluding tert-OH is 1. The number of aliphatic hydroxyl groups is 1. The Kier molecular flexibility index (Phi) is 10.4. The minimum Gasteiger partial charge on any atom is -0.481 e. The molecule has 52 heavy (non-hydrogen) atoms. The van der Waals surface area contributed by atoms with E-state index in [1.165, 1.54) is 0 Å². The van der Waals surface area contributed by atoms with E-state index in [0.29, 0.717) is 43.4 Å². The largest absolute Gasteiger partial charge is 0.481 e. The van der Waals surface area contributed by atoms with Gasteiger partial charge >= 0.3 is 29.8 Å². The smallest absolute Gasteiger partial charge is 0.317 e. The van der Waals surface area contributed by atoms with Crippen molar-refractivity contribution >= 4 is 29.8 Å². The summed E-state index contributed by atoms with van der Waals surface area (Å²) in [5.41, 5.74) is -0.602. The van der Waals surface area contributed by atoms with E-state index >= 15 is 0 Å². The van der Waals surface area contributed by atoms with Crippen LogP contribution in [0.4, 0.5) is 0 Å². The van der Waals surface area contributed by atoms with Crippen molar-refractivity contribution in [1.29, 1.82) is 0 Å². The number of carboxylic acid groups (broad SMARTS) is 1. The Balaban J connectivity index is 1.13. The third kappa shape index (κ3) is 6.72. The molecule has 3 saturated heterocycles. The summed E-state index contributed by atoms with van der Waals surface area (Å²) in [6.07, 6.45) is 6.50. The Morgan fingerprint density at radius 2 is 1.54 bits per heavy atom. The predicted molar refractivity (Wildman–Crippen MR) is 186 cm³/mol. The van der Waals surface area contributed by atoms with Crippen molar-refractivity contribution in [3.63, 3.8) is 0 Å².